The maximum absolute atomic E-state index is 14.3. The quantitative estimate of drug-likeness (QED) is 0.107. The van der Waals surface area contributed by atoms with Gasteiger partial charge >= 0.3 is 19.2 Å². The summed E-state index contributed by atoms with van der Waals surface area (Å²) in [6.07, 6.45) is 7.80. The summed E-state index contributed by atoms with van der Waals surface area (Å²) in [5.41, 5.74) is 2.63. The number of allylic oxidation sites excluding steroid dienone is 3. The van der Waals surface area contributed by atoms with Gasteiger partial charge < -0.3 is 18.7 Å². The lowest BCUT2D eigenvalue weighted by Crippen LogP contribution is -2.36. The Morgan fingerprint density at radius 3 is 2.60 bits per heavy atom. The number of hydrogen-bond acceptors (Lipinski definition) is 7. The summed E-state index contributed by atoms with van der Waals surface area (Å²) in [6.45, 7) is 11.6. The summed E-state index contributed by atoms with van der Waals surface area (Å²) in [4.78, 5) is 26.0. The highest BCUT2D eigenvalue weighted by Crippen LogP contribution is 2.55. The molecule has 0 radical (unpaired) electrons. The Bertz CT molecular complexity index is 1370. The highest BCUT2D eigenvalue weighted by Gasteiger charge is 2.43. The van der Waals surface area contributed by atoms with E-state index in [1.807, 2.05) is 42.5 Å². The molecule has 8 nitrogen and oxygen atoms in total. The van der Waals surface area contributed by atoms with Gasteiger partial charge in [-0.2, -0.15) is 0 Å². The van der Waals surface area contributed by atoms with Gasteiger partial charge in [-0.3, -0.25) is 4.79 Å². The molecule has 2 aromatic carbocycles. The number of benzene rings is 2. The van der Waals surface area contributed by atoms with Crippen LogP contribution in [0.1, 0.15) is 82.4 Å². The smallest absolute Gasteiger partial charge is 0.424 e. The molecule has 226 valence electrons. The molecule has 42 heavy (non-hydrogen) atoms. The van der Waals surface area contributed by atoms with Gasteiger partial charge in [0.15, 0.2) is 0 Å². The average molecular weight is 596 g/mol. The van der Waals surface area contributed by atoms with E-state index in [1.165, 1.54) is 12.5 Å². The number of carbonyl (C=O) groups excluding carboxylic acids is 2. The van der Waals surface area contributed by atoms with Crippen molar-refractivity contribution in [2.45, 2.75) is 84.8 Å². The molecular weight excluding hydrogens is 553 g/mol. The van der Waals surface area contributed by atoms with E-state index in [9.17, 15) is 14.2 Å². The lowest BCUT2D eigenvalue weighted by atomic mass is 9.74. The topological polar surface area (TPSA) is 100 Å². The zero-order chi connectivity index (χ0) is 30.3. The molecule has 0 bridgehead atoms. The fraction of sp³-hybridized carbons (Fsp3) is 0.455. The number of unbranched alkanes of at least 4 members (excludes halogenated alkanes) is 2. The second-order valence-corrected chi connectivity index (χ2v) is 12.9. The van der Waals surface area contributed by atoms with Crippen LogP contribution in [-0.4, -0.2) is 24.3 Å². The van der Waals surface area contributed by atoms with Crippen molar-refractivity contribution in [3.63, 3.8) is 0 Å². The first-order chi connectivity index (χ1) is 20.1. The fourth-order valence-corrected chi connectivity index (χ4v) is 7.00. The van der Waals surface area contributed by atoms with Gasteiger partial charge in [0, 0.05) is 17.4 Å². The summed E-state index contributed by atoms with van der Waals surface area (Å²) < 4.78 is 37.3. The van der Waals surface area contributed by atoms with Crippen molar-refractivity contribution in [3.8, 4) is 11.5 Å². The molecule has 0 saturated carbocycles. The maximum atomic E-state index is 14.3. The predicted molar refractivity (Wildman–Crippen MR) is 163 cm³/mol. The number of aryl methyl sites for hydroxylation is 1. The molecular formula is C33H42NO7P. The molecule has 0 aromatic heterocycles. The molecule has 1 aliphatic heterocycles. The van der Waals surface area contributed by atoms with Crippen molar-refractivity contribution >= 4 is 19.2 Å². The molecule has 0 fully saturated rings. The summed E-state index contributed by atoms with van der Waals surface area (Å²) in [5, 5.41) is 2.64. The minimum Gasteiger partial charge on any atom is -0.462 e. The minimum atomic E-state index is -4.44. The predicted octanol–water partition coefficient (Wildman–Crippen LogP) is 8.22. The van der Waals surface area contributed by atoms with E-state index in [-0.39, 0.29) is 30.8 Å². The molecule has 1 aliphatic carbocycles. The first kappa shape index (κ1) is 31.6. The second-order valence-electron chi connectivity index (χ2n) is 11.0. The van der Waals surface area contributed by atoms with Gasteiger partial charge in [-0.25, -0.2) is 14.4 Å². The molecule has 4 rings (SSSR count). The van der Waals surface area contributed by atoms with Crippen LogP contribution < -0.4 is 14.3 Å². The molecule has 1 N–H and O–H groups in total. The van der Waals surface area contributed by atoms with Crippen LogP contribution in [0.2, 0.25) is 0 Å². The zero-order valence-corrected chi connectivity index (χ0v) is 25.9. The summed E-state index contributed by atoms with van der Waals surface area (Å²) in [5.74, 6) is 0.792. The minimum absolute atomic E-state index is 0.00850. The van der Waals surface area contributed by atoms with Gasteiger partial charge in [0.25, 0.3) is 0 Å². The Hall–Kier alpha value is -3.35. The van der Waals surface area contributed by atoms with E-state index in [4.69, 9.17) is 18.7 Å². The Labute approximate surface area is 249 Å². The molecule has 1 heterocycles. The fourth-order valence-electron chi connectivity index (χ4n) is 5.42. The molecule has 0 amide bonds. The largest absolute Gasteiger partial charge is 0.462 e. The van der Waals surface area contributed by atoms with E-state index in [1.54, 1.807) is 6.92 Å². The molecule has 4 unspecified atom stereocenters. The van der Waals surface area contributed by atoms with E-state index >= 15 is 0 Å². The number of fused-ring (bicyclic) bond motifs is 3. The van der Waals surface area contributed by atoms with Crippen LogP contribution in [0.4, 0.5) is 4.79 Å². The van der Waals surface area contributed by atoms with Gasteiger partial charge in [0.05, 0.1) is 6.61 Å². The van der Waals surface area contributed by atoms with Gasteiger partial charge in [-0.15, -0.1) is 0 Å². The number of rotatable bonds is 13. The SMILES string of the molecule is C=C1Oc2cc(CCCCC)cc(OP(=O)(NC(C)C(=O)OCc3ccccc3)C(=O)OCC)c2C2C=C(C)CCC12. The summed E-state index contributed by atoms with van der Waals surface area (Å²) >= 11 is 0. The van der Waals surface area contributed by atoms with Crippen molar-refractivity contribution in [3.05, 3.63) is 83.1 Å². The Morgan fingerprint density at radius 1 is 1.12 bits per heavy atom. The van der Waals surface area contributed by atoms with Crippen LogP contribution in [0.25, 0.3) is 0 Å². The van der Waals surface area contributed by atoms with Gasteiger partial charge in [-0.1, -0.05) is 68.3 Å². The standard InChI is InChI=1S/C33H42NO7P/c1-6-8-10-15-26-19-29-31(28-18-22(3)16-17-27(28)24(5)40-29)30(20-26)41-42(37,33(36)38-7-2)34-23(4)32(35)39-21-25-13-11-9-12-14-25/h9,11-14,18-20,23,27-28H,5-8,10,15-17,21H2,1-4H3,(H,34,37). The Kier molecular flexibility index (Phi) is 10.7. The average Bonchev–Trinajstić information content (AvgIpc) is 2.96. The molecule has 4 atom stereocenters. The molecule has 0 spiro atoms. The Balaban J connectivity index is 1.68. The molecule has 0 saturated heterocycles. The van der Waals surface area contributed by atoms with Gasteiger partial charge in [-0.05, 0) is 69.7 Å². The highest BCUT2D eigenvalue weighted by molar-refractivity contribution is 7.74. The maximum Gasteiger partial charge on any atom is 0.424 e. The van der Waals surface area contributed by atoms with E-state index in [0.717, 1.165) is 55.2 Å². The van der Waals surface area contributed by atoms with E-state index in [2.05, 4.69) is 31.6 Å². The summed E-state index contributed by atoms with van der Waals surface area (Å²) in [6, 6.07) is 11.9. The molecule has 2 aromatic rings. The third kappa shape index (κ3) is 7.53. The number of ether oxygens (including phenoxy) is 3. The Morgan fingerprint density at radius 2 is 1.88 bits per heavy atom. The van der Waals surface area contributed by atoms with Crippen molar-refractivity contribution in [2.75, 3.05) is 6.61 Å². The van der Waals surface area contributed by atoms with Gasteiger partial charge in [0.1, 0.15) is 29.9 Å². The lowest BCUT2D eigenvalue weighted by Gasteiger charge is -2.38. The third-order valence-corrected chi connectivity index (χ3v) is 9.44. The number of hydrogen-bond donors (Lipinski definition) is 1. The van der Waals surface area contributed by atoms with E-state index in [0.29, 0.717) is 11.5 Å². The first-order valence-electron chi connectivity index (χ1n) is 14.8. The monoisotopic (exact) mass is 595 g/mol. The van der Waals surface area contributed by atoms with Crippen molar-refractivity contribution in [1.82, 2.24) is 5.09 Å². The van der Waals surface area contributed by atoms with Gasteiger partial charge in [0.2, 0.25) is 0 Å². The number of carbonyl (C=O) groups is 2. The van der Waals surface area contributed by atoms with Crippen molar-refractivity contribution in [1.29, 1.82) is 0 Å². The highest BCUT2D eigenvalue weighted by atomic mass is 31.2. The van der Waals surface area contributed by atoms with Crippen LogP contribution in [-0.2, 0) is 31.9 Å². The van der Waals surface area contributed by atoms with Crippen LogP contribution >= 0.6 is 7.52 Å². The van der Waals surface area contributed by atoms with Crippen LogP contribution in [0.15, 0.2) is 66.5 Å². The third-order valence-electron chi connectivity index (χ3n) is 7.64. The number of esters is 1. The van der Waals surface area contributed by atoms with Crippen LogP contribution in [0.3, 0.4) is 0 Å². The second kappa shape index (κ2) is 14.2. The lowest BCUT2D eigenvalue weighted by molar-refractivity contribution is -0.146. The van der Waals surface area contributed by atoms with Crippen LogP contribution in [0, 0.1) is 5.92 Å². The normalized spacial score (nSPS) is 19.7. The molecule has 9 heteroatoms. The van der Waals surface area contributed by atoms with Crippen molar-refractivity contribution in [2.24, 2.45) is 5.92 Å². The van der Waals surface area contributed by atoms with Crippen LogP contribution in [0.5, 0.6) is 11.5 Å². The first-order valence-corrected chi connectivity index (χ1v) is 16.4. The van der Waals surface area contributed by atoms with Crippen molar-refractivity contribution < 1.29 is 32.9 Å². The number of nitrogens with one attached hydrogen (secondary N) is 1. The van der Waals surface area contributed by atoms with E-state index < -0.39 is 25.2 Å². The summed E-state index contributed by atoms with van der Waals surface area (Å²) in [7, 11) is -4.44. The zero-order valence-electron chi connectivity index (χ0n) is 25.0. The molecule has 2 aliphatic rings.